The van der Waals surface area contributed by atoms with Gasteiger partial charge in [0.25, 0.3) is 10.2 Å². The number of hydrogen-bond acceptors (Lipinski definition) is 2. The van der Waals surface area contributed by atoms with Crippen LogP contribution in [0.15, 0.2) is 24.3 Å². The molecular formula is C9H13ClN2O2S. The highest BCUT2D eigenvalue weighted by Gasteiger charge is 2.12. The highest BCUT2D eigenvalue weighted by molar-refractivity contribution is 7.87. The van der Waals surface area contributed by atoms with Crippen LogP contribution in [0, 0.1) is 0 Å². The second-order valence-corrected chi connectivity index (χ2v) is 5.58. The van der Waals surface area contributed by atoms with E-state index >= 15 is 0 Å². The van der Waals surface area contributed by atoms with E-state index in [1.54, 1.807) is 18.2 Å². The highest BCUT2D eigenvalue weighted by atomic mass is 35.5. The highest BCUT2D eigenvalue weighted by Crippen LogP contribution is 2.14. The van der Waals surface area contributed by atoms with Crippen molar-refractivity contribution in [1.82, 2.24) is 9.03 Å². The van der Waals surface area contributed by atoms with E-state index in [-0.39, 0.29) is 6.54 Å². The molecule has 0 saturated carbocycles. The van der Waals surface area contributed by atoms with Crippen LogP contribution in [0.4, 0.5) is 0 Å². The molecule has 0 aliphatic rings. The third-order valence-corrected chi connectivity index (χ3v) is 3.72. The van der Waals surface area contributed by atoms with Crippen molar-refractivity contribution in [2.45, 2.75) is 6.54 Å². The van der Waals surface area contributed by atoms with Crippen LogP contribution < -0.4 is 4.72 Å². The van der Waals surface area contributed by atoms with Crippen LogP contribution in [0.2, 0.25) is 5.02 Å². The number of nitrogens with one attached hydrogen (secondary N) is 1. The summed E-state index contributed by atoms with van der Waals surface area (Å²) < 4.78 is 26.3. The molecular weight excluding hydrogens is 236 g/mol. The Morgan fingerprint density at radius 1 is 1.33 bits per heavy atom. The molecule has 1 rings (SSSR count). The second-order valence-electron chi connectivity index (χ2n) is 3.20. The van der Waals surface area contributed by atoms with Crippen LogP contribution in [0.3, 0.4) is 0 Å². The van der Waals surface area contributed by atoms with Crippen molar-refractivity contribution in [2.24, 2.45) is 0 Å². The van der Waals surface area contributed by atoms with E-state index in [4.69, 9.17) is 11.6 Å². The first-order valence-electron chi connectivity index (χ1n) is 4.34. The minimum absolute atomic E-state index is 0.195. The minimum atomic E-state index is -3.39. The van der Waals surface area contributed by atoms with Crippen molar-refractivity contribution in [2.75, 3.05) is 14.1 Å². The van der Waals surface area contributed by atoms with E-state index in [2.05, 4.69) is 4.72 Å². The van der Waals surface area contributed by atoms with Gasteiger partial charge in [0.2, 0.25) is 0 Å². The Balaban J connectivity index is 2.70. The lowest BCUT2D eigenvalue weighted by Crippen LogP contribution is -2.35. The molecule has 0 saturated heterocycles. The van der Waals surface area contributed by atoms with Crippen molar-refractivity contribution in [3.05, 3.63) is 34.9 Å². The molecule has 0 aromatic heterocycles. The minimum Gasteiger partial charge on any atom is -0.198 e. The van der Waals surface area contributed by atoms with E-state index in [1.807, 2.05) is 6.07 Å². The van der Waals surface area contributed by atoms with Gasteiger partial charge < -0.3 is 0 Å². The van der Waals surface area contributed by atoms with Gasteiger partial charge in [-0.25, -0.2) is 0 Å². The lowest BCUT2D eigenvalue weighted by atomic mass is 10.2. The lowest BCUT2D eigenvalue weighted by Gasteiger charge is -2.12. The SMILES string of the molecule is CN(C)S(=O)(=O)NCc1ccccc1Cl. The van der Waals surface area contributed by atoms with Gasteiger partial charge in [-0.05, 0) is 11.6 Å². The maximum atomic E-state index is 11.4. The van der Waals surface area contributed by atoms with Crippen LogP contribution in [0.5, 0.6) is 0 Å². The molecule has 0 fully saturated rings. The Hall–Kier alpha value is -0.620. The first-order valence-corrected chi connectivity index (χ1v) is 6.16. The molecule has 15 heavy (non-hydrogen) atoms. The van der Waals surface area contributed by atoms with Gasteiger partial charge >= 0.3 is 0 Å². The van der Waals surface area contributed by atoms with Crippen LogP contribution in [0.25, 0.3) is 0 Å². The Labute approximate surface area is 95.0 Å². The van der Waals surface area contributed by atoms with Crippen LogP contribution in [0.1, 0.15) is 5.56 Å². The van der Waals surface area contributed by atoms with Crippen molar-refractivity contribution < 1.29 is 8.42 Å². The predicted molar refractivity (Wildman–Crippen MR) is 60.9 cm³/mol. The van der Waals surface area contributed by atoms with Gasteiger partial charge in [-0.15, -0.1) is 0 Å². The summed E-state index contributed by atoms with van der Waals surface area (Å²) in [5.41, 5.74) is 0.754. The van der Waals surface area contributed by atoms with Gasteiger partial charge in [-0.1, -0.05) is 29.8 Å². The topological polar surface area (TPSA) is 49.4 Å². The van der Waals surface area contributed by atoms with E-state index < -0.39 is 10.2 Å². The van der Waals surface area contributed by atoms with Gasteiger partial charge in [0, 0.05) is 25.7 Å². The quantitative estimate of drug-likeness (QED) is 0.872. The molecule has 0 aliphatic carbocycles. The first-order chi connectivity index (χ1) is 6.93. The number of halogens is 1. The predicted octanol–water partition coefficient (Wildman–Crippen LogP) is 1.24. The smallest absolute Gasteiger partial charge is 0.198 e. The van der Waals surface area contributed by atoms with Crippen molar-refractivity contribution in [1.29, 1.82) is 0 Å². The lowest BCUT2D eigenvalue weighted by molar-refractivity contribution is 0.505. The molecule has 6 heteroatoms. The summed E-state index contributed by atoms with van der Waals surface area (Å²) in [7, 11) is -0.454. The summed E-state index contributed by atoms with van der Waals surface area (Å²) in [6.07, 6.45) is 0. The normalized spacial score (nSPS) is 12.0. The Morgan fingerprint density at radius 3 is 2.47 bits per heavy atom. The van der Waals surface area contributed by atoms with Crippen LogP contribution >= 0.6 is 11.6 Å². The fraction of sp³-hybridized carbons (Fsp3) is 0.333. The number of rotatable bonds is 4. The summed E-state index contributed by atoms with van der Waals surface area (Å²) in [6.45, 7) is 0.195. The Morgan fingerprint density at radius 2 is 1.93 bits per heavy atom. The van der Waals surface area contributed by atoms with Gasteiger partial charge in [0.05, 0.1) is 0 Å². The molecule has 0 bridgehead atoms. The van der Waals surface area contributed by atoms with Crippen LogP contribution in [-0.4, -0.2) is 26.8 Å². The van der Waals surface area contributed by atoms with Gasteiger partial charge in [-0.3, -0.25) is 0 Å². The third-order valence-electron chi connectivity index (χ3n) is 1.88. The van der Waals surface area contributed by atoms with E-state index in [1.165, 1.54) is 14.1 Å². The Kier molecular flexibility index (Phi) is 4.10. The summed E-state index contributed by atoms with van der Waals surface area (Å²) in [6, 6.07) is 7.11. The second kappa shape index (κ2) is 4.94. The van der Waals surface area contributed by atoms with Crippen molar-refractivity contribution in [3.63, 3.8) is 0 Å². The molecule has 0 spiro atoms. The molecule has 1 aromatic rings. The van der Waals surface area contributed by atoms with Crippen molar-refractivity contribution in [3.8, 4) is 0 Å². The average Bonchev–Trinajstić information content (AvgIpc) is 2.16. The maximum Gasteiger partial charge on any atom is 0.279 e. The molecule has 0 heterocycles. The van der Waals surface area contributed by atoms with Crippen LogP contribution in [-0.2, 0) is 16.8 Å². The Bertz CT molecular complexity index is 431. The summed E-state index contributed by atoms with van der Waals surface area (Å²) in [5, 5.41) is 0.555. The monoisotopic (exact) mass is 248 g/mol. The standard InChI is InChI=1S/C9H13ClN2O2S/c1-12(2)15(13,14)11-7-8-5-3-4-6-9(8)10/h3-6,11H,7H2,1-2H3. The zero-order valence-electron chi connectivity index (χ0n) is 8.57. The van der Waals surface area contributed by atoms with E-state index in [9.17, 15) is 8.42 Å². The summed E-state index contributed by atoms with van der Waals surface area (Å²) in [5.74, 6) is 0. The molecule has 1 aromatic carbocycles. The number of nitrogens with zero attached hydrogens (tertiary/aromatic N) is 1. The van der Waals surface area contributed by atoms with Gasteiger partial charge in [-0.2, -0.15) is 17.4 Å². The van der Waals surface area contributed by atoms with E-state index in [0.29, 0.717) is 5.02 Å². The summed E-state index contributed by atoms with van der Waals surface area (Å²) >= 11 is 5.88. The fourth-order valence-electron chi connectivity index (χ4n) is 0.940. The fourth-order valence-corrected chi connectivity index (χ4v) is 1.74. The molecule has 0 radical (unpaired) electrons. The molecule has 4 nitrogen and oxygen atoms in total. The average molecular weight is 249 g/mol. The third kappa shape index (κ3) is 3.46. The molecule has 1 N–H and O–H groups in total. The zero-order chi connectivity index (χ0) is 11.5. The molecule has 0 atom stereocenters. The molecule has 0 unspecified atom stereocenters. The number of benzene rings is 1. The number of hydrogen-bond donors (Lipinski definition) is 1. The van der Waals surface area contributed by atoms with Crippen molar-refractivity contribution >= 4 is 21.8 Å². The van der Waals surface area contributed by atoms with Gasteiger partial charge in [0.15, 0.2) is 0 Å². The first kappa shape index (κ1) is 12.4. The maximum absolute atomic E-state index is 11.4. The zero-order valence-corrected chi connectivity index (χ0v) is 10.1. The van der Waals surface area contributed by atoms with E-state index in [0.717, 1.165) is 9.87 Å². The molecule has 0 aliphatic heterocycles. The largest absolute Gasteiger partial charge is 0.279 e. The van der Waals surface area contributed by atoms with Gasteiger partial charge in [0.1, 0.15) is 0 Å². The molecule has 84 valence electrons. The molecule has 0 amide bonds. The summed E-state index contributed by atoms with van der Waals surface area (Å²) in [4.78, 5) is 0.